The first-order valence-electron chi connectivity index (χ1n) is 10.3. The van der Waals surface area contributed by atoms with Crippen molar-refractivity contribution in [3.05, 3.63) is 94.0 Å². The standard InChI is InChI=1S/C25H18ClN3O3S/c1-15-11-12-19(26)22-21(15)27-25(33-22)28(13-16-7-3-2-4-8-16)20(30)14-29-23(31)17-9-5-6-10-18(17)24(29)32/h2-12H,13-14H2,1H3. The van der Waals surface area contributed by atoms with Crippen LogP contribution in [0.3, 0.4) is 0 Å². The number of hydrogen-bond acceptors (Lipinski definition) is 5. The van der Waals surface area contributed by atoms with Crippen molar-refractivity contribution in [2.24, 2.45) is 0 Å². The second-order valence-electron chi connectivity index (χ2n) is 7.75. The molecule has 8 heteroatoms. The molecule has 3 aromatic carbocycles. The highest BCUT2D eigenvalue weighted by Crippen LogP contribution is 2.36. The van der Waals surface area contributed by atoms with Gasteiger partial charge in [0.2, 0.25) is 5.91 Å². The van der Waals surface area contributed by atoms with Crippen LogP contribution in [-0.4, -0.2) is 34.2 Å². The third-order valence-corrected chi connectivity index (χ3v) is 7.11. The Morgan fingerprint density at radius 3 is 2.24 bits per heavy atom. The molecule has 4 aromatic rings. The SMILES string of the molecule is Cc1ccc(Cl)c2sc(N(Cc3ccccc3)C(=O)CN3C(=O)c4ccccc4C3=O)nc12. The van der Waals surface area contributed by atoms with E-state index in [9.17, 15) is 14.4 Å². The van der Waals surface area contributed by atoms with Gasteiger partial charge in [-0.25, -0.2) is 4.98 Å². The van der Waals surface area contributed by atoms with Crippen molar-refractivity contribution in [3.63, 3.8) is 0 Å². The fraction of sp³-hybridized carbons (Fsp3) is 0.120. The van der Waals surface area contributed by atoms with Crippen LogP contribution in [-0.2, 0) is 11.3 Å². The topological polar surface area (TPSA) is 70.6 Å². The van der Waals surface area contributed by atoms with E-state index >= 15 is 0 Å². The van der Waals surface area contributed by atoms with Crippen molar-refractivity contribution in [3.8, 4) is 0 Å². The number of fused-ring (bicyclic) bond motifs is 2. The molecule has 1 aliphatic rings. The number of halogens is 1. The number of rotatable bonds is 5. The molecule has 1 aromatic heterocycles. The Morgan fingerprint density at radius 1 is 0.970 bits per heavy atom. The summed E-state index contributed by atoms with van der Waals surface area (Å²) >= 11 is 7.70. The van der Waals surface area contributed by atoms with E-state index in [2.05, 4.69) is 0 Å². The van der Waals surface area contributed by atoms with Crippen molar-refractivity contribution < 1.29 is 14.4 Å². The summed E-state index contributed by atoms with van der Waals surface area (Å²) in [6, 6.07) is 19.8. The monoisotopic (exact) mass is 475 g/mol. The normalized spacial score (nSPS) is 13.0. The van der Waals surface area contributed by atoms with Crippen molar-refractivity contribution in [1.29, 1.82) is 0 Å². The van der Waals surface area contributed by atoms with Crippen LogP contribution in [0, 0.1) is 6.92 Å². The number of aryl methyl sites for hydroxylation is 1. The van der Waals surface area contributed by atoms with E-state index < -0.39 is 17.7 Å². The largest absolute Gasteiger partial charge is 0.282 e. The van der Waals surface area contributed by atoms with Crippen molar-refractivity contribution in [2.45, 2.75) is 13.5 Å². The summed E-state index contributed by atoms with van der Waals surface area (Å²) in [5.74, 6) is -1.33. The summed E-state index contributed by atoms with van der Waals surface area (Å²) in [4.78, 5) is 46.3. The van der Waals surface area contributed by atoms with E-state index in [0.717, 1.165) is 26.2 Å². The number of anilines is 1. The van der Waals surface area contributed by atoms with Gasteiger partial charge >= 0.3 is 0 Å². The second kappa shape index (κ2) is 8.42. The van der Waals surface area contributed by atoms with Crippen LogP contribution in [0.25, 0.3) is 10.2 Å². The van der Waals surface area contributed by atoms with E-state index in [-0.39, 0.29) is 13.1 Å². The quantitative estimate of drug-likeness (QED) is 0.377. The van der Waals surface area contributed by atoms with Crippen molar-refractivity contribution in [1.82, 2.24) is 9.88 Å². The lowest BCUT2D eigenvalue weighted by molar-refractivity contribution is -0.119. The molecule has 1 aliphatic heterocycles. The van der Waals surface area contributed by atoms with E-state index in [1.54, 1.807) is 24.3 Å². The number of amides is 3. The first kappa shape index (κ1) is 21.3. The fourth-order valence-electron chi connectivity index (χ4n) is 3.84. The number of carbonyl (C=O) groups excluding carboxylic acids is 3. The first-order valence-corrected chi connectivity index (χ1v) is 11.5. The molecule has 164 valence electrons. The molecule has 0 saturated heterocycles. The van der Waals surface area contributed by atoms with Gasteiger partial charge < -0.3 is 0 Å². The molecule has 0 radical (unpaired) electrons. The van der Waals surface area contributed by atoms with Gasteiger partial charge in [0.25, 0.3) is 11.8 Å². The number of aromatic nitrogens is 1. The zero-order chi connectivity index (χ0) is 23.1. The molecule has 0 N–H and O–H groups in total. The fourth-order valence-corrected chi connectivity index (χ4v) is 5.17. The van der Waals surface area contributed by atoms with Crippen LogP contribution in [0.1, 0.15) is 31.8 Å². The van der Waals surface area contributed by atoms with E-state index in [1.807, 2.05) is 49.4 Å². The molecule has 0 atom stereocenters. The minimum atomic E-state index is -0.466. The van der Waals surface area contributed by atoms with Crippen LogP contribution in [0.5, 0.6) is 0 Å². The Balaban J connectivity index is 1.51. The number of benzene rings is 3. The maximum atomic E-state index is 13.5. The van der Waals surface area contributed by atoms with Gasteiger partial charge in [-0.05, 0) is 36.2 Å². The first-order chi connectivity index (χ1) is 15.9. The van der Waals surface area contributed by atoms with Gasteiger partial charge in [0.1, 0.15) is 6.54 Å². The minimum absolute atomic E-state index is 0.249. The zero-order valence-electron chi connectivity index (χ0n) is 17.6. The molecule has 0 fully saturated rings. The predicted molar refractivity (Wildman–Crippen MR) is 129 cm³/mol. The molecule has 0 unspecified atom stereocenters. The van der Waals surface area contributed by atoms with Crippen LogP contribution in [0.2, 0.25) is 5.02 Å². The highest BCUT2D eigenvalue weighted by atomic mass is 35.5. The molecule has 0 aliphatic carbocycles. The lowest BCUT2D eigenvalue weighted by Crippen LogP contribution is -2.42. The Kier molecular flexibility index (Phi) is 5.44. The number of carbonyl (C=O) groups is 3. The van der Waals surface area contributed by atoms with Crippen LogP contribution in [0.15, 0.2) is 66.7 Å². The van der Waals surface area contributed by atoms with Crippen molar-refractivity contribution in [2.75, 3.05) is 11.4 Å². The third-order valence-electron chi connectivity index (χ3n) is 5.57. The summed E-state index contributed by atoms with van der Waals surface area (Å²) in [7, 11) is 0. The molecule has 0 bridgehead atoms. The van der Waals surface area contributed by atoms with E-state index in [4.69, 9.17) is 16.6 Å². The maximum Gasteiger partial charge on any atom is 0.262 e. The molecule has 2 heterocycles. The predicted octanol–water partition coefficient (Wildman–Crippen LogP) is 5.09. The zero-order valence-corrected chi connectivity index (χ0v) is 19.2. The maximum absolute atomic E-state index is 13.5. The Bertz CT molecular complexity index is 1340. The Labute approximate surface area is 199 Å². The Morgan fingerprint density at radius 2 is 1.61 bits per heavy atom. The molecule has 33 heavy (non-hydrogen) atoms. The molecule has 3 amide bonds. The lowest BCUT2D eigenvalue weighted by atomic mass is 10.1. The second-order valence-corrected chi connectivity index (χ2v) is 9.13. The number of thiazole rings is 1. The number of imide groups is 1. The summed E-state index contributed by atoms with van der Waals surface area (Å²) in [5.41, 5.74) is 3.20. The van der Waals surface area contributed by atoms with E-state index in [0.29, 0.717) is 21.3 Å². The summed E-state index contributed by atoms with van der Waals surface area (Å²) < 4.78 is 0.790. The van der Waals surface area contributed by atoms with Gasteiger partial charge in [-0.1, -0.05) is 71.5 Å². The molecule has 5 rings (SSSR count). The third kappa shape index (κ3) is 3.79. The average molecular weight is 476 g/mol. The van der Waals surface area contributed by atoms with Crippen LogP contribution in [0.4, 0.5) is 5.13 Å². The summed E-state index contributed by atoms with van der Waals surface area (Å²) in [5, 5.41) is 1.03. The lowest BCUT2D eigenvalue weighted by Gasteiger charge is -2.22. The summed E-state index contributed by atoms with van der Waals surface area (Å²) in [6.45, 7) is 1.81. The Hall–Kier alpha value is -3.55. The smallest absolute Gasteiger partial charge is 0.262 e. The minimum Gasteiger partial charge on any atom is -0.282 e. The summed E-state index contributed by atoms with van der Waals surface area (Å²) in [6.07, 6.45) is 0. The van der Waals surface area contributed by atoms with Crippen molar-refractivity contribution >= 4 is 56.0 Å². The molecular formula is C25H18ClN3O3S. The van der Waals surface area contributed by atoms with Gasteiger partial charge in [0.05, 0.1) is 32.9 Å². The van der Waals surface area contributed by atoms with Gasteiger partial charge in [-0.3, -0.25) is 24.2 Å². The molecular weight excluding hydrogens is 458 g/mol. The van der Waals surface area contributed by atoms with Gasteiger partial charge in [0, 0.05) is 0 Å². The highest BCUT2D eigenvalue weighted by molar-refractivity contribution is 7.23. The molecule has 6 nitrogen and oxygen atoms in total. The molecule has 0 saturated carbocycles. The number of hydrogen-bond donors (Lipinski definition) is 0. The van der Waals surface area contributed by atoms with Gasteiger partial charge in [-0.15, -0.1) is 0 Å². The van der Waals surface area contributed by atoms with Crippen LogP contribution < -0.4 is 4.90 Å². The molecule has 0 spiro atoms. The van der Waals surface area contributed by atoms with Crippen LogP contribution >= 0.6 is 22.9 Å². The highest BCUT2D eigenvalue weighted by Gasteiger charge is 2.37. The average Bonchev–Trinajstić information content (AvgIpc) is 3.38. The van der Waals surface area contributed by atoms with Gasteiger partial charge in [0.15, 0.2) is 5.13 Å². The van der Waals surface area contributed by atoms with Gasteiger partial charge in [-0.2, -0.15) is 0 Å². The van der Waals surface area contributed by atoms with E-state index in [1.165, 1.54) is 16.2 Å². The number of nitrogens with zero attached hydrogens (tertiary/aromatic N) is 3.